The Labute approximate surface area is 115 Å². The molecule has 0 aliphatic rings. The summed E-state index contributed by atoms with van der Waals surface area (Å²) in [6.07, 6.45) is 0. The number of halogens is 1. The SMILES string of the molecule is Cc1cccc(NC(=O)c2ccc(O)cc2F)c1C#N. The van der Waals surface area contributed by atoms with E-state index in [9.17, 15) is 9.18 Å². The summed E-state index contributed by atoms with van der Waals surface area (Å²) in [5.41, 5.74) is 1.18. The fraction of sp³-hybridized carbons (Fsp3) is 0.0667. The van der Waals surface area contributed by atoms with E-state index in [0.29, 0.717) is 11.3 Å². The molecule has 4 nitrogen and oxygen atoms in total. The highest BCUT2D eigenvalue weighted by atomic mass is 19.1. The number of nitriles is 1. The van der Waals surface area contributed by atoms with Crippen molar-refractivity contribution >= 4 is 11.6 Å². The molecule has 0 atom stereocenters. The number of carbonyl (C=O) groups is 1. The average molecular weight is 270 g/mol. The van der Waals surface area contributed by atoms with E-state index in [1.165, 1.54) is 12.1 Å². The Balaban J connectivity index is 2.33. The molecule has 0 fully saturated rings. The highest BCUT2D eigenvalue weighted by molar-refractivity contribution is 6.05. The van der Waals surface area contributed by atoms with E-state index >= 15 is 0 Å². The van der Waals surface area contributed by atoms with Crippen LogP contribution in [0.15, 0.2) is 36.4 Å². The molecule has 1 amide bonds. The van der Waals surface area contributed by atoms with Crippen molar-refractivity contribution in [3.05, 3.63) is 58.9 Å². The summed E-state index contributed by atoms with van der Waals surface area (Å²) in [5.74, 6) is -1.76. The summed E-state index contributed by atoms with van der Waals surface area (Å²) in [6, 6.07) is 10.3. The van der Waals surface area contributed by atoms with Crippen molar-refractivity contribution in [2.45, 2.75) is 6.92 Å². The second kappa shape index (κ2) is 5.41. The number of nitrogens with one attached hydrogen (secondary N) is 1. The van der Waals surface area contributed by atoms with Crippen LogP contribution in [0.25, 0.3) is 0 Å². The third-order valence-electron chi connectivity index (χ3n) is 2.83. The Morgan fingerprint density at radius 1 is 1.35 bits per heavy atom. The van der Waals surface area contributed by atoms with E-state index < -0.39 is 11.7 Å². The van der Waals surface area contributed by atoms with Crippen molar-refractivity contribution in [1.29, 1.82) is 5.26 Å². The molecule has 0 aliphatic carbocycles. The first-order valence-electron chi connectivity index (χ1n) is 5.82. The molecule has 0 aromatic heterocycles. The number of hydrogen-bond donors (Lipinski definition) is 2. The lowest BCUT2D eigenvalue weighted by Crippen LogP contribution is -2.14. The molecule has 100 valence electrons. The van der Waals surface area contributed by atoms with Gasteiger partial charge in [0.05, 0.1) is 16.8 Å². The highest BCUT2D eigenvalue weighted by Gasteiger charge is 2.14. The van der Waals surface area contributed by atoms with Gasteiger partial charge in [-0.25, -0.2) is 4.39 Å². The third-order valence-corrected chi connectivity index (χ3v) is 2.83. The first-order chi connectivity index (χ1) is 9.52. The van der Waals surface area contributed by atoms with Gasteiger partial charge in [0.25, 0.3) is 5.91 Å². The summed E-state index contributed by atoms with van der Waals surface area (Å²) in [7, 11) is 0. The molecule has 20 heavy (non-hydrogen) atoms. The maximum atomic E-state index is 13.6. The fourth-order valence-corrected chi connectivity index (χ4v) is 1.80. The molecule has 2 aromatic carbocycles. The Morgan fingerprint density at radius 3 is 2.75 bits per heavy atom. The van der Waals surface area contributed by atoms with Crippen molar-refractivity contribution in [3.63, 3.8) is 0 Å². The van der Waals surface area contributed by atoms with Crippen LogP contribution < -0.4 is 5.32 Å². The molecular formula is C15H11FN2O2. The summed E-state index contributed by atoms with van der Waals surface area (Å²) in [4.78, 5) is 12.0. The smallest absolute Gasteiger partial charge is 0.258 e. The number of amides is 1. The molecule has 0 bridgehead atoms. The fourth-order valence-electron chi connectivity index (χ4n) is 1.80. The first kappa shape index (κ1) is 13.6. The molecule has 2 N–H and O–H groups in total. The van der Waals surface area contributed by atoms with Gasteiger partial charge in [-0.15, -0.1) is 0 Å². The minimum Gasteiger partial charge on any atom is -0.508 e. The average Bonchev–Trinajstić information content (AvgIpc) is 2.38. The maximum absolute atomic E-state index is 13.6. The van der Waals surface area contributed by atoms with Gasteiger partial charge in [0, 0.05) is 6.07 Å². The quantitative estimate of drug-likeness (QED) is 0.881. The molecule has 0 spiro atoms. The Hall–Kier alpha value is -2.87. The molecule has 5 heteroatoms. The molecule has 2 rings (SSSR count). The van der Waals surface area contributed by atoms with E-state index in [0.717, 1.165) is 11.6 Å². The van der Waals surface area contributed by atoms with Crippen LogP contribution in [0, 0.1) is 24.1 Å². The molecule has 0 saturated carbocycles. The van der Waals surface area contributed by atoms with E-state index in [-0.39, 0.29) is 11.3 Å². The largest absolute Gasteiger partial charge is 0.508 e. The van der Waals surface area contributed by atoms with Crippen LogP contribution in [0.3, 0.4) is 0 Å². The third kappa shape index (κ3) is 2.59. The second-order valence-electron chi connectivity index (χ2n) is 4.23. The van der Waals surface area contributed by atoms with Gasteiger partial charge in [-0.3, -0.25) is 4.79 Å². The number of benzene rings is 2. The van der Waals surface area contributed by atoms with Crippen molar-refractivity contribution < 1.29 is 14.3 Å². The lowest BCUT2D eigenvalue weighted by molar-refractivity contribution is 0.102. The monoisotopic (exact) mass is 270 g/mol. The standard InChI is InChI=1S/C15H11FN2O2/c1-9-3-2-4-14(12(9)8-17)18-15(20)11-6-5-10(19)7-13(11)16/h2-7,19H,1H3,(H,18,20). The van der Waals surface area contributed by atoms with Gasteiger partial charge in [0.2, 0.25) is 0 Å². The molecule has 0 heterocycles. The lowest BCUT2D eigenvalue weighted by Gasteiger charge is -2.09. The Bertz CT molecular complexity index is 720. The lowest BCUT2D eigenvalue weighted by atomic mass is 10.1. The number of aromatic hydroxyl groups is 1. The number of hydrogen-bond acceptors (Lipinski definition) is 3. The van der Waals surface area contributed by atoms with Crippen LogP contribution in [0.5, 0.6) is 5.75 Å². The van der Waals surface area contributed by atoms with Gasteiger partial charge in [-0.05, 0) is 30.7 Å². The number of anilines is 1. The van der Waals surface area contributed by atoms with Crippen LogP contribution in [-0.4, -0.2) is 11.0 Å². The van der Waals surface area contributed by atoms with Gasteiger partial charge in [0.1, 0.15) is 17.6 Å². The highest BCUT2D eigenvalue weighted by Crippen LogP contribution is 2.21. The minimum atomic E-state index is -0.825. The van der Waals surface area contributed by atoms with Crippen LogP contribution >= 0.6 is 0 Å². The number of nitrogens with zero attached hydrogens (tertiary/aromatic N) is 1. The minimum absolute atomic E-state index is 0.201. The first-order valence-corrected chi connectivity index (χ1v) is 5.82. The number of aryl methyl sites for hydroxylation is 1. The van der Waals surface area contributed by atoms with Crippen molar-refractivity contribution in [2.75, 3.05) is 5.32 Å². The summed E-state index contributed by atoms with van der Waals surface area (Å²) >= 11 is 0. The molecule has 0 unspecified atom stereocenters. The second-order valence-corrected chi connectivity index (χ2v) is 4.23. The number of phenols is 1. The molecule has 0 saturated heterocycles. The van der Waals surface area contributed by atoms with E-state index in [4.69, 9.17) is 10.4 Å². The molecule has 0 aliphatic heterocycles. The van der Waals surface area contributed by atoms with Crippen LogP contribution in [0.4, 0.5) is 10.1 Å². The van der Waals surface area contributed by atoms with Crippen molar-refractivity contribution in [2.24, 2.45) is 0 Å². The summed E-state index contributed by atoms with van der Waals surface area (Å²) in [6.45, 7) is 1.75. The zero-order chi connectivity index (χ0) is 14.7. The number of phenolic OH excluding ortho intramolecular Hbond substituents is 1. The van der Waals surface area contributed by atoms with Gasteiger partial charge in [-0.2, -0.15) is 5.26 Å². The van der Waals surface area contributed by atoms with Crippen molar-refractivity contribution in [3.8, 4) is 11.8 Å². The molecule has 2 aromatic rings. The van der Waals surface area contributed by atoms with E-state index in [1.54, 1.807) is 25.1 Å². The van der Waals surface area contributed by atoms with E-state index in [1.807, 2.05) is 6.07 Å². The predicted octanol–water partition coefficient (Wildman–Crippen LogP) is 2.96. The zero-order valence-electron chi connectivity index (χ0n) is 10.6. The van der Waals surface area contributed by atoms with Gasteiger partial charge in [-0.1, -0.05) is 12.1 Å². The van der Waals surface area contributed by atoms with Crippen LogP contribution in [0.1, 0.15) is 21.5 Å². The van der Waals surface area contributed by atoms with Crippen LogP contribution in [-0.2, 0) is 0 Å². The summed E-state index contributed by atoms with van der Waals surface area (Å²) in [5, 5.41) is 20.7. The van der Waals surface area contributed by atoms with Gasteiger partial charge >= 0.3 is 0 Å². The normalized spacial score (nSPS) is 9.85. The predicted molar refractivity (Wildman–Crippen MR) is 71.9 cm³/mol. The topological polar surface area (TPSA) is 73.1 Å². The van der Waals surface area contributed by atoms with Crippen molar-refractivity contribution in [1.82, 2.24) is 0 Å². The van der Waals surface area contributed by atoms with E-state index in [2.05, 4.69) is 5.32 Å². The number of carbonyl (C=O) groups excluding carboxylic acids is 1. The molecular weight excluding hydrogens is 259 g/mol. The van der Waals surface area contributed by atoms with Crippen LogP contribution in [0.2, 0.25) is 0 Å². The Morgan fingerprint density at radius 2 is 2.10 bits per heavy atom. The summed E-state index contributed by atoms with van der Waals surface area (Å²) < 4.78 is 13.6. The van der Waals surface area contributed by atoms with Gasteiger partial charge in [0.15, 0.2) is 0 Å². The Kier molecular flexibility index (Phi) is 3.67. The van der Waals surface area contributed by atoms with Gasteiger partial charge < -0.3 is 10.4 Å². The maximum Gasteiger partial charge on any atom is 0.258 e. The number of rotatable bonds is 2. The zero-order valence-corrected chi connectivity index (χ0v) is 10.6. The molecule has 0 radical (unpaired) electrons.